The lowest BCUT2D eigenvalue weighted by Crippen LogP contribution is -2.23. The van der Waals surface area contributed by atoms with Crippen LogP contribution in [0.4, 0.5) is 5.69 Å². The van der Waals surface area contributed by atoms with E-state index in [4.69, 9.17) is 10.5 Å². The van der Waals surface area contributed by atoms with Gasteiger partial charge >= 0.3 is 0 Å². The van der Waals surface area contributed by atoms with Crippen LogP contribution in [-0.2, 0) is 19.5 Å². The molecule has 0 spiro atoms. The van der Waals surface area contributed by atoms with Crippen molar-refractivity contribution in [3.8, 4) is 5.75 Å². The molecule has 1 aromatic heterocycles. The molecule has 0 saturated carbocycles. The summed E-state index contributed by atoms with van der Waals surface area (Å²) in [7, 11) is 1.63. The topological polar surface area (TPSA) is 77.5 Å². The minimum absolute atomic E-state index is 0. The average Bonchev–Trinajstić information content (AvgIpc) is 3.13. The van der Waals surface area contributed by atoms with Gasteiger partial charge in [-0.25, -0.2) is 9.98 Å². The van der Waals surface area contributed by atoms with Crippen LogP contribution < -0.4 is 15.8 Å². The van der Waals surface area contributed by atoms with E-state index in [0.29, 0.717) is 12.5 Å². The molecule has 3 N–H and O–H groups in total. The highest BCUT2D eigenvalue weighted by Gasteiger charge is 2.03. The number of aromatic nitrogens is 2. The van der Waals surface area contributed by atoms with E-state index in [0.717, 1.165) is 30.2 Å². The molecular weight excluding hydrogens is 453 g/mol. The maximum atomic E-state index is 5.99. The van der Waals surface area contributed by atoms with Crippen LogP contribution in [0.1, 0.15) is 11.4 Å². The van der Waals surface area contributed by atoms with Crippen molar-refractivity contribution in [1.29, 1.82) is 0 Å². The van der Waals surface area contributed by atoms with Crippen molar-refractivity contribution in [3.63, 3.8) is 0 Å². The highest BCUT2D eigenvalue weighted by molar-refractivity contribution is 14.0. The number of benzene rings is 2. The van der Waals surface area contributed by atoms with E-state index in [1.165, 1.54) is 5.56 Å². The van der Waals surface area contributed by atoms with Gasteiger partial charge in [0.2, 0.25) is 0 Å². The molecule has 6 nitrogen and oxygen atoms in total. The largest absolute Gasteiger partial charge is 0.497 e. The highest BCUT2D eigenvalue weighted by atomic mass is 127. The molecule has 0 aliphatic rings. The molecule has 0 radical (unpaired) electrons. The second-order valence-electron chi connectivity index (χ2n) is 5.83. The zero-order chi connectivity index (χ0) is 18.2. The second kappa shape index (κ2) is 10.6. The Morgan fingerprint density at radius 2 is 2.00 bits per heavy atom. The lowest BCUT2D eigenvalue weighted by Gasteiger charge is -2.09. The molecule has 1 heterocycles. The van der Waals surface area contributed by atoms with Gasteiger partial charge in [-0.05, 0) is 24.1 Å². The minimum atomic E-state index is 0. The van der Waals surface area contributed by atoms with Crippen molar-refractivity contribution in [3.05, 3.63) is 78.4 Å². The van der Waals surface area contributed by atoms with Crippen molar-refractivity contribution < 1.29 is 4.74 Å². The average molecular weight is 477 g/mol. The monoisotopic (exact) mass is 477 g/mol. The third kappa shape index (κ3) is 6.28. The number of imidazole rings is 1. The molecule has 3 rings (SSSR count). The van der Waals surface area contributed by atoms with Gasteiger partial charge in [-0.1, -0.05) is 36.4 Å². The highest BCUT2D eigenvalue weighted by Crippen LogP contribution is 2.16. The van der Waals surface area contributed by atoms with Crippen LogP contribution >= 0.6 is 24.0 Å². The molecule has 3 aromatic rings. The van der Waals surface area contributed by atoms with Crippen LogP contribution in [0.25, 0.3) is 0 Å². The van der Waals surface area contributed by atoms with E-state index >= 15 is 0 Å². The first-order valence-electron chi connectivity index (χ1n) is 8.49. The molecule has 2 aromatic carbocycles. The summed E-state index contributed by atoms with van der Waals surface area (Å²) in [5, 5.41) is 3.07. The molecule has 0 aliphatic carbocycles. The lowest BCUT2D eigenvalue weighted by molar-refractivity contribution is 0.415. The van der Waals surface area contributed by atoms with Gasteiger partial charge in [-0.3, -0.25) is 0 Å². The van der Waals surface area contributed by atoms with Gasteiger partial charge in [-0.2, -0.15) is 0 Å². The number of hydrogen-bond donors (Lipinski definition) is 2. The molecule has 0 fully saturated rings. The summed E-state index contributed by atoms with van der Waals surface area (Å²) in [6.07, 6.45) is 4.71. The van der Waals surface area contributed by atoms with Crippen molar-refractivity contribution in [1.82, 2.24) is 9.55 Å². The Labute approximate surface area is 176 Å². The second-order valence-corrected chi connectivity index (χ2v) is 5.83. The molecule has 0 unspecified atom stereocenters. The lowest BCUT2D eigenvalue weighted by atomic mass is 10.1. The Morgan fingerprint density at radius 3 is 2.78 bits per heavy atom. The fourth-order valence-electron chi connectivity index (χ4n) is 2.63. The third-order valence-electron chi connectivity index (χ3n) is 4.02. The van der Waals surface area contributed by atoms with E-state index in [1.807, 2.05) is 36.5 Å². The van der Waals surface area contributed by atoms with E-state index < -0.39 is 0 Å². The number of nitrogens with two attached hydrogens (primary N) is 1. The quantitative estimate of drug-likeness (QED) is 0.309. The van der Waals surface area contributed by atoms with Crippen molar-refractivity contribution in [2.45, 2.75) is 19.5 Å². The third-order valence-corrected chi connectivity index (χ3v) is 4.02. The molecule has 0 atom stereocenters. The number of anilines is 1. The van der Waals surface area contributed by atoms with E-state index in [2.05, 4.69) is 44.1 Å². The van der Waals surface area contributed by atoms with Crippen LogP contribution in [0, 0.1) is 0 Å². The molecular formula is C20H24IN5O. The maximum Gasteiger partial charge on any atom is 0.193 e. The predicted octanol–water partition coefficient (Wildman–Crippen LogP) is 3.68. The summed E-state index contributed by atoms with van der Waals surface area (Å²) in [5.74, 6) is 1.99. The van der Waals surface area contributed by atoms with Gasteiger partial charge in [0.25, 0.3) is 0 Å². The standard InChI is InChI=1S/C20H23N5O.HI/c1-26-18-9-5-8-17(14-18)24-20(21)23-15-19-22-11-13-25(19)12-10-16-6-3-2-4-7-16;/h2-9,11,13-14H,10,12,15H2,1H3,(H3,21,23,24);1H. The van der Waals surface area contributed by atoms with E-state index in [9.17, 15) is 0 Å². The van der Waals surface area contributed by atoms with Gasteiger partial charge in [0.15, 0.2) is 5.96 Å². The van der Waals surface area contributed by atoms with Gasteiger partial charge in [0.05, 0.1) is 7.11 Å². The maximum absolute atomic E-state index is 5.99. The summed E-state index contributed by atoms with van der Waals surface area (Å²) < 4.78 is 7.31. The molecule has 0 aliphatic heterocycles. The van der Waals surface area contributed by atoms with Crippen molar-refractivity contribution in [2.75, 3.05) is 12.4 Å². The summed E-state index contributed by atoms with van der Waals surface area (Å²) in [4.78, 5) is 8.78. The first-order chi connectivity index (χ1) is 12.7. The Balaban J connectivity index is 0.00000261. The minimum Gasteiger partial charge on any atom is -0.497 e. The van der Waals surface area contributed by atoms with Crippen LogP contribution in [-0.4, -0.2) is 22.6 Å². The summed E-state index contributed by atoms with van der Waals surface area (Å²) >= 11 is 0. The number of halogens is 1. The Kier molecular flexibility index (Phi) is 8.12. The Morgan fingerprint density at radius 1 is 1.19 bits per heavy atom. The fourth-order valence-corrected chi connectivity index (χ4v) is 2.63. The number of ether oxygens (including phenoxy) is 1. The van der Waals surface area contributed by atoms with Crippen LogP contribution in [0.2, 0.25) is 0 Å². The van der Waals surface area contributed by atoms with Crippen LogP contribution in [0.3, 0.4) is 0 Å². The number of guanidine groups is 1. The number of aliphatic imine (C=N–C) groups is 1. The zero-order valence-electron chi connectivity index (χ0n) is 15.2. The first kappa shape index (κ1) is 20.8. The van der Waals surface area contributed by atoms with Gasteiger partial charge in [0.1, 0.15) is 18.1 Å². The first-order valence-corrected chi connectivity index (χ1v) is 8.49. The number of rotatable bonds is 7. The summed E-state index contributed by atoms with van der Waals surface area (Å²) in [6, 6.07) is 17.9. The Bertz CT molecular complexity index is 864. The smallest absolute Gasteiger partial charge is 0.193 e. The van der Waals surface area contributed by atoms with Crippen molar-refractivity contribution >= 4 is 35.6 Å². The summed E-state index contributed by atoms with van der Waals surface area (Å²) in [6.45, 7) is 1.28. The number of nitrogens with one attached hydrogen (secondary N) is 1. The fraction of sp³-hybridized carbons (Fsp3) is 0.200. The Hall–Kier alpha value is -2.55. The molecule has 0 saturated heterocycles. The molecule has 7 heteroatoms. The number of aryl methyl sites for hydroxylation is 2. The van der Waals surface area contributed by atoms with Crippen molar-refractivity contribution in [2.24, 2.45) is 10.7 Å². The van der Waals surface area contributed by atoms with E-state index in [-0.39, 0.29) is 24.0 Å². The van der Waals surface area contributed by atoms with Gasteiger partial charge in [-0.15, -0.1) is 24.0 Å². The molecule has 142 valence electrons. The zero-order valence-corrected chi connectivity index (χ0v) is 17.5. The van der Waals surface area contributed by atoms with Gasteiger partial charge in [0, 0.05) is 30.7 Å². The number of nitrogens with zero attached hydrogens (tertiary/aromatic N) is 3. The molecule has 0 amide bonds. The predicted molar refractivity (Wildman–Crippen MR) is 120 cm³/mol. The van der Waals surface area contributed by atoms with E-state index in [1.54, 1.807) is 13.3 Å². The van der Waals surface area contributed by atoms with Crippen LogP contribution in [0.15, 0.2) is 72.0 Å². The SMILES string of the molecule is COc1cccc(NC(N)=NCc2nccn2CCc2ccccc2)c1.I. The molecule has 0 bridgehead atoms. The molecule has 27 heavy (non-hydrogen) atoms. The van der Waals surface area contributed by atoms with Crippen LogP contribution in [0.5, 0.6) is 5.75 Å². The number of methoxy groups -OCH3 is 1. The number of hydrogen-bond acceptors (Lipinski definition) is 3. The summed E-state index contributed by atoms with van der Waals surface area (Å²) in [5.41, 5.74) is 8.12. The van der Waals surface area contributed by atoms with Gasteiger partial charge < -0.3 is 20.4 Å². The normalized spacial score (nSPS) is 10.9.